The molecule has 1 saturated heterocycles. The Morgan fingerprint density at radius 3 is 2.85 bits per heavy atom. The second-order valence-electron chi connectivity index (χ2n) is 3.26. The van der Waals surface area contributed by atoms with E-state index in [-0.39, 0.29) is 17.5 Å². The molecular formula is C7H11N3O2S. The Morgan fingerprint density at radius 2 is 2.38 bits per heavy atom. The van der Waals surface area contributed by atoms with Crippen LogP contribution >= 0.6 is 0 Å². The van der Waals surface area contributed by atoms with Crippen molar-refractivity contribution in [2.45, 2.75) is 12.5 Å². The third kappa shape index (κ3) is 1.53. The summed E-state index contributed by atoms with van der Waals surface area (Å²) in [6.45, 7) is 0. The summed E-state index contributed by atoms with van der Waals surface area (Å²) in [6.07, 6.45) is 2.20. The molecule has 2 N–H and O–H groups in total. The summed E-state index contributed by atoms with van der Waals surface area (Å²) < 4.78 is 23.9. The van der Waals surface area contributed by atoms with E-state index in [1.54, 1.807) is 16.9 Å². The predicted octanol–water partition coefficient (Wildman–Crippen LogP) is -0.175. The molecule has 72 valence electrons. The van der Waals surface area contributed by atoms with Crippen molar-refractivity contribution in [3.05, 3.63) is 12.3 Å². The largest absolute Gasteiger partial charge is 0.384 e. The maximum absolute atomic E-state index is 11.2. The van der Waals surface area contributed by atoms with Crippen molar-refractivity contribution >= 4 is 15.7 Å². The molecule has 2 rings (SSSR count). The molecular weight excluding hydrogens is 190 g/mol. The molecule has 1 aromatic rings. The highest BCUT2D eigenvalue weighted by molar-refractivity contribution is 7.91. The van der Waals surface area contributed by atoms with E-state index < -0.39 is 9.84 Å². The number of anilines is 1. The molecule has 1 aliphatic heterocycles. The summed E-state index contributed by atoms with van der Waals surface area (Å²) in [4.78, 5) is 0. The van der Waals surface area contributed by atoms with Crippen LogP contribution in [0, 0.1) is 0 Å². The molecule has 0 aliphatic carbocycles. The van der Waals surface area contributed by atoms with Crippen LogP contribution in [-0.2, 0) is 9.84 Å². The Bertz CT molecular complexity index is 409. The van der Waals surface area contributed by atoms with Crippen molar-refractivity contribution in [1.29, 1.82) is 0 Å². The first kappa shape index (κ1) is 8.55. The zero-order valence-electron chi connectivity index (χ0n) is 7.05. The van der Waals surface area contributed by atoms with Crippen molar-refractivity contribution in [2.75, 3.05) is 17.2 Å². The molecule has 1 unspecified atom stereocenters. The number of hydrogen-bond acceptors (Lipinski definition) is 4. The summed E-state index contributed by atoms with van der Waals surface area (Å²) in [5.74, 6) is 0.942. The predicted molar refractivity (Wildman–Crippen MR) is 48.9 cm³/mol. The fourth-order valence-electron chi connectivity index (χ4n) is 1.60. The number of hydrogen-bond donors (Lipinski definition) is 1. The Balaban J connectivity index is 2.26. The number of nitrogens with two attached hydrogens (primary N) is 1. The van der Waals surface area contributed by atoms with Gasteiger partial charge in [-0.25, -0.2) is 13.1 Å². The molecule has 0 spiro atoms. The molecule has 1 fully saturated rings. The lowest BCUT2D eigenvalue weighted by Gasteiger charge is -2.09. The first-order valence-corrected chi connectivity index (χ1v) is 5.90. The molecule has 2 heterocycles. The number of nitrogen functional groups attached to an aromatic ring is 1. The first-order valence-electron chi connectivity index (χ1n) is 4.08. The van der Waals surface area contributed by atoms with Crippen LogP contribution in [0.3, 0.4) is 0 Å². The molecule has 6 heteroatoms. The molecule has 0 amide bonds. The van der Waals surface area contributed by atoms with Crippen LogP contribution in [0.1, 0.15) is 12.5 Å². The third-order valence-corrected chi connectivity index (χ3v) is 4.01. The quantitative estimate of drug-likeness (QED) is 0.684. The van der Waals surface area contributed by atoms with Crippen molar-refractivity contribution in [3.8, 4) is 0 Å². The highest BCUT2D eigenvalue weighted by Gasteiger charge is 2.30. The van der Waals surface area contributed by atoms with Gasteiger partial charge in [0.2, 0.25) is 0 Å². The molecule has 1 aliphatic rings. The fourth-order valence-corrected chi connectivity index (χ4v) is 3.29. The van der Waals surface area contributed by atoms with Gasteiger partial charge in [-0.15, -0.1) is 0 Å². The lowest BCUT2D eigenvalue weighted by molar-refractivity contribution is 0.507. The highest BCUT2D eigenvalue weighted by atomic mass is 32.2. The molecule has 0 saturated carbocycles. The van der Waals surface area contributed by atoms with Gasteiger partial charge in [0.15, 0.2) is 9.84 Å². The van der Waals surface area contributed by atoms with Gasteiger partial charge >= 0.3 is 0 Å². The van der Waals surface area contributed by atoms with Gasteiger partial charge in [-0.1, -0.05) is 0 Å². The van der Waals surface area contributed by atoms with E-state index in [0.29, 0.717) is 12.2 Å². The van der Waals surface area contributed by atoms with Crippen molar-refractivity contribution in [2.24, 2.45) is 0 Å². The Labute approximate surface area is 76.5 Å². The topological polar surface area (TPSA) is 78.0 Å². The zero-order valence-corrected chi connectivity index (χ0v) is 7.87. The van der Waals surface area contributed by atoms with Crippen molar-refractivity contribution in [3.63, 3.8) is 0 Å². The Hall–Kier alpha value is -1.04. The fraction of sp³-hybridized carbons (Fsp3) is 0.571. The van der Waals surface area contributed by atoms with Crippen LogP contribution in [0.15, 0.2) is 12.3 Å². The van der Waals surface area contributed by atoms with E-state index in [0.717, 1.165) is 0 Å². The molecule has 1 atom stereocenters. The minimum absolute atomic E-state index is 0.0694. The minimum Gasteiger partial charge on any atom is -0.384 e. The second-order valence-corrected chi connectivity index (χ2v) is 5.49. The van der Waals surface area contributed by atoms with Gasteiger partial charge in [-0.05, 0) is 12.5 Å². The number of nitrogens with zero attached hydrogens (tertiary/aromatic N) is 2. The van der Waals surface area contributed by atoms with Gasteiger partial charge in [-0.2, -0.15) is 5.10 Å². The van der Waals surface area contributed by atoms with Gasteiger partial charge < -0.3 is 5.73 Å². The second kappa shape index (κ2) is 2.73. The van der Waals surface area contributed by atoms with E-state index in [4.69, 9.17) is 5.73 Å². The van der Waals surface area contributed by atoms with Crippen LogP contribution in [0.2, 0.25) is 0 Å². The number of aromatic nitrogens is 2. The van der Waals surface area contributed by atoms with Crippen molar-refractivity contribution in [1.82, 2.24) is 9.78 Å². The highest BCUT2D eigenvalue weighted by Crippen LogP contribution is 2.24. The van der Waals surface area contributed by atoms with E-state index in [1.807, 2.05) is 0 Å². The smallest absolute Gasteiger partial charge is 0.152 e. The summed E-state index contributed by atoms with van der Waals surface area (Å²) in [5, 5.41) is 3.99. The molecule has 5 nitrogen and oxygen atoms in total. The van der Waals surface area contributed by atoms with Gasteiger partial charge in [0.25, 0.3) is 0 Å². The van der Waals surface area contributed by atoms with Crippen LogP contribution in [0.4, 0.5) is 5.82 Å². The van der Waals surface area contributed by atoms with E-state index in [9.17, 15) is 8.42 Å². The lowest BCUT2D eigenvalue weighted by Crippen LogP contribution is -2.14. The standard InChI is InChI=1S/C7H11N3O2S/c8-7-1-3-9-10(7)6-2-4-13(11,12)5-6/h1,3,6H,2,4-5,8H2. The van der Waals surface area contributed by atoms with Crippen molar-refractivity contribution < 1.29 is 8.42 Å². The lowest BCUT2D eigenvalue weighted by atomic mass is 10.3. The summed E-state index contributed by atoms with van der Waals surface area (Å²) in [6, 6.07) is 1.60. The molecule has 0 radical (unpaired) electrons. The third-order valence-electron chi connectivity index (χ3n) is 2.26. The summed E-state index contributed by atoms with van der Waals surface area (Å²) in [5.41, 5.74) is 5.61. The average Bonchev–Trinajstić information content (AvgIpc) is 2.56. The number of sulfone groups is 1. The normalized spacial score (nSPS) is 26.3. The summed E-state index contributed by atoms with van der Waals surface area (Å²) >= 11 is 0. The maximum atomic E-state index is 11.2. The van der Waals surface area contributed by atoms with E-state index in [1.165, 1.54) is 0 Å². The van der Waals surface area contributed by atoms with Gasteiger partial charge in [0.05, 0.1) is 23.7 Å². The zero-order chi connectivity index (χ0) is 9.47. The minimum atomic E-state index is -2.85. The average molecular weight is 201 g/mol. The molecule has 1 aromatic heterocycles. The monoisotopic (exact) mass is 201 g/mol. The summed E-state index contributed by atoms with van der Waals surface area (Å²) in [7, 11) is -2.85. The molecule has 0 aromatic carbocycles. The first-order chi connectivity index (χ1) is 6.08. The number of rotatable bonds is 1. The SMILES string of the molecule is Nc1ccnn1C1CCS(=O)(=O)C1. The maximum Gasteiger partial charge on any atom is 0.152 e. The van der Waals surface area contributed by atoms with Gasteiger partial charge in [0, 0.05) is 0 Å². The van der Waals surface area contributed by atoms with Gasteiger partial charge in [-0.3, -0.25) is 0 Å². The van der Waals surface area contributed by atoms with Crippen LogP contribution < -0.4 is 5.73 Å². The van der Waals surface area contributed by atoms with Crippen LogP contribution in [0.5, 0.6) is 0 Å². The van der Waals surface area contributed by atoms with Gasteiger partial charge in [0.1, 0.15) is 5.82 Å². The van der Waals surface area contributed by atoms with Crippen LogP contribution in [-0.4, -0.2) is 29.7 Å². The van der Waals surface area contributed by atoms with Crippen LogP contribution in [0.25, 0.3) is 0 Å². The van der Waals surface area contributed by atoms with E-state index in [2.05, 4.69) is 5.10 Å². The Morgan fingerprint density at radius 1 is 1.62 bits per heavy atom. The van der Waals surface area contributed by atoms with E-state index >= 15 is 0 Å². The Kier molecular flexibility index (Phi) is 1.80. The molecule has 0 bridgehead atoms. The molecule has 13 heavy (non-hydrogen) atoms.